The molecule has 0 bridgehead atoms. The Morgan fingerprint density at radius 1 is 1.16 bits per heavy atom. The number of hydrogen-bond acceptors (Lipinski definition) is 7. The first-order valence-corrected chi connectivity index (χ1v) is 12.2. The molecule has 1 unspecified atom stereocenters. The van der Waals surface area contributed by atoms with Crippen LogP contribution in [0.5, 0.6) is 5.75 Å². The summed E-state index contributed by atoms with van der Waals surface area (Å²) in [6, 6.07) is 9.78. The van der Waals surface area contributed by atoms with Gasteiger partial charge in [-0.05, 0) is 67.4 Å². The fraction of sp³-hybridized carbons (Fsp3) is 0.304. The first-order valence-electron chi connectivity index (χ1n) is 10.2. The Morgan fingerprint density at radius 3 is 2.69 bits per heavy atom. The highest BCUT2D eigenvalue weighted by Gasteiger charge is 2.18. The molecule has 1 aromatic heterocycles. The van der Waals surface area contributed by atoms with Crippen molar-refractivity contribution in [1.29, 1.82) is 0 Å². The highest BCUT2D eigenvalue weighted by Crippen LogP contribution is 2.34. The zero-order chi connectivity index (χ0) is 22.8. The monoisotopic (exact) mass is 471 g/mol. The average molecular weight is 472 g/mol. The summed E-state index contributed by atoms with van der Waals surface area (Å²) in [6.45, 7) is 3.87. The van der Waals surface area contributed by atoms with E-state index in [2.05, 4.69) is 44.7 Å². The maximum absolute atomic E-state index is 11.7. The molecule has 2 heterocycles. The van der Waals surface area contributed by atoms with Crippen LogP contribution in [0.1, 0.15) is 16.7 Å². The number of benzene rings is 2. The summed E-state index contributed by atoms with van der Waals surface area (Å²) in [4.78, 5) is 12.0. The number of nitrogens with one attached hydrogen (secondary N) is 2. The predicted molar refractivity (Wildman–Crippen MR) is 130 cm³/mol. The number of fused-ring (bicyclic) bond motifs is 1. The van der Waals surface area contributed by atoms with E-state index in [0.717, 1.165) is 47.1 Å². The molecule has 0 amide bonds. The van der Waals surface area contributed by atoms with Gasteiger partial charge in [0, 0.05) is 40.7 Å². The van der Waals surface area contributed by atoms with Crippen LogP contribution in [0.4, 0.5) is 23.1 Å². The van der Waals surface area contributed by atoms with E-state index in [4.69, 9.17) is 16.3 Å². The molecule has 0 spiro atoms. The third-order valence-corrected chi connectivity index (χ3v) is 6.69. The number of likely N-dealkylation sites (N-methyl/N-ethyl adjacent to an activating group) is 1. The Labute approximate surface area is 195 Å². The van der Waals surface area contributed by atoms with Gasteiger partial charge in [0.15, 0.2) is 5.82 Å². The topological polar surface area (TPSA) is 79.4 Å². The Morgan fingerprint density at radius 2 is 1.97 bits per heavy atom. The Hall–Kier alpha value is -2.68. The van der Waals surface area contributed by atoms with Crippen LogP contribution < -0.4 is 15.4 Å². The molecule has 1 aliphatic heterocycles. The zero-order valence-corrected chi connectivity index (χ0v) is 20.1. The third kappa shape index (κ3) is 4.87. The average Bonchev–Trinajstić information content (AvgIpc) is 2.76. The van der Waals surface area contributed by atoms with Crippen molar-refractivity contribution >= 4 is 45.5 Å². The molecule has 1 atom stereocenters. The maximum atomic E-state index is 11.7. The second-order valence-corrected chi connectivity index (χ2v) is 9.67. The van der Waals surface area contributed by atoms with E-state index in [9.17, 15) is 4.21 Å². The van der Waals surface area contributed by atoms with Crippen molar-refractivity contribution in [2.24, 2.45) is 0 Å². The van der Waals surface area contributed by atoms with Gasteiger partial charge < -0.3 is 20.3 Å². The number of rotatable bonds is 6. The first-order chi connectivity index (χ1) is 15.3. The van der Waals surface area contributed by atoms with Crippen molar-refractivity contribution in [1.82, 2.24) is 14.9 Å². The van der Waals surface area contributed by atoms with Crippen LogP contribution in [-0.2, 0) is 23.8 Å². The van der Waals surface area contributed by atoms with Crippen molar-refractivity contribution in [3.63, 3.8) is 0 Å². The number of methoxy groups -OCH3 is 1. The zero-order valence-electron chi connectivity index (χ0n) is 18.5. The third-order valence-electron chi connectivity index (χ3n) is 5.50. The first kappa shape index (κ1) is 22.5. The van der Waals surface area contributed by atoms with Gasteiger partial charge in [0.05, 0.1) is 19.0 Å². The lowest BCUT2D eigenvalue weighted by Gasteiger charge is -2.26. The molecule has 0 radical (unpaired) electrons. The van der Waals surface area contributed by atoms with E-state index < -0.39 is 10.8 Å². The van der Waals surface area contributed by atoms with Gasteiger partial charge in [-0.15, -0.1) is 0 Å². The van der Waals surface area contributed by atoms with Gasteiger partial charge in [0.1, 0.15) is 10.8 Å². The number of hydrogen-bond donors (Lipinski definition) is 2. The van der Waals surface area contributed by atoms with E-state index in [0.29, 0.717) is 16.8 Å². The van der Waals surface area contributed by atoms with Gasteiger partial charge in [-0.25, -0.2) is 4.98 Å². The molecular weight excluding hydrogens is 446 g/mol. The normalized spacial score (nSPS) is 14.5. The Balaban J connectivity index is 1.61. The van der Waals surface area contributed by atoms with Crippen molar-refractivity contribution < 1.29 is 8.95 Å². The summed E-state index contributed by atoms with van der Waals surface area (Å²) in [6.07, 6.45) is 4.22. The second-order valence-electron chi connectivity index (χ2n) is 7.88. The highest BCUT2D eigenvalue weighted by molar-refractivity contribution is 7.84. The van der Waals surface area contributed by atoms with E-state index in [1.807, 2.05) is 25.1 Å². The van der Waals surface area contributed by atoms with Gasteiger partial charge in [-0.2, -0.15) is 4.98 Å². The maximum Gasteiger partial charge on any atom is 0.229 e. The quantitative estimate of drug-likeness (QED) is 0.541. The lowest BCUT2D eigenvalue weighted by atomic mass is 9.99. The highest BCUT2D eigenvalue weighted by atomic mass is 35.5. The molecule has 168 valence electrons. The van der Waals surface area contributed by atoms with Gasteiger partial charge in [0.2, 0.25) is 5.95 Å². The standard InChI is InChI=1S/C23H26ClN5O2S/c1-14-9-17(32(4)30)5-6-19(14)26-22-18(24)12-25-23(28-22)27-20-10-16-13-29(2)8-7-15(16)11-21(20)31-3/h5-6,9-12H,7-8,13H2,1-4H3,(H2,25,26,27,28). The van der Waals surface area contributed by atoms with Gasteiger partial charge in [0.25, 0.3) is 0 Å². The lowest BCUT2D eigenvalue weighted by molar-refractivity contribution is 0.312. The van der Waals surface area contributed by atoms with E-state index in [1.54, 1.807) is 19.6 Å². The van der Waals surface area contributed by atoms with Crippen LogP contribution in [0, 0.1) is 6.92 Å². The Kier molecular flexibility index (Phi) is 6.64. The van der Waals surface area contributed by atoms with E-state index >= 15 is 0 Å². The summed E-state index contributed by atoms with van der Waals surface area (Å²) >= 11 is 6.36. The molecule has 0 saturated carbocycles. The molecule has 0 aliphatic carbocycles. The van der Waals surface area contributed by atoms with E-state index in [-0.39, 0.29) is 0 Å². The minimum absolute atomic E-state index is 0.400. The van der Waals surface area contributed by atoms with Crippen LogP contribution >= 0.6 is 11.6 Å². The summed E-state index contributed by atoms with van der Waals surface area (Å²) in [5.41, 5.74) is 5.15. The molecular formula is C23H26ClN5O2S. The summed E-state index contributed by atoms with van der Waals surface area (Å²) < 4.78 is 17.3. The number of anilines is 4. The molecule has 2 N–H and O–H groups in total. The number of nitrogens with zero attached hydrogens (tertiary/aromatic N) is 3. The van der Waals surface area contributed by atoms with Crippen LogP contribution in [0.2, 0.25) is 5.02 Å². The minimum atomic E-state index is -1.04. The Bertz CT molecular complexity index is 1190. The minimum Gasteiger partial charge on any atom is -0.495 e. The van der Waals surface area contributed by atoms with Crippen LogP contribution in [0.15, 0.2) is 41.4 Å². The summed E-state index contributed by atoms with van der Waals surface area (Å²) in [5, 5.41) is 6.93. The van der Waals surface area contributed by atoms with Gasteiger partial charge in [-0.1, -0.05) is 11.6 Å². The van der Waals surface area contributed by atoms with Crippen molar-refractivity contribution in [2.75, 3.05) is 37.6 Å². The molecule has 0 saturated heterocycles. The molecule has 0 fully saturated rings. The van der Waals surface area contributed by atoms with Crippen molar-refractivity contribution in [3.05, 3.63) is 58.2 Å². The molecule has 3 aromatic rings. The van der Waals surface area contributed by atoms with Gasteiger partial charge >= 0.3 is 0 Å². The summed E-state index contributed by atoms with van der Waals surface area (Å²) in [5.74, 6) is 1.64. The lowest BCUT2D eigenvalue weighted by Crippen LogP contribution is -2.26. The van der Waals surface area contributed by atoms with E-state index in [1.165, 1.54) is 11.1 Å². The number of halogens is 1. The van der Waals surface area contributed by atoms with Crippen LogP contribution in [-0.4, -0.2) is 46.0 Å². The second kappa shape index (κ2) is 9.44. The summed E-state index contributed by atoms with van der Waals surface area (Å²) in [7, 11) is 2.74. The number of aromatic nitrogens is 2. The molecule has 7 nitrogen and oxygen atoms in total. The molecule has 9 heteroatoms. The van der Waals surface area contributed by atoms with Crippen molar-refractivity contribution in [3.8, 4) is 5.75 Å². The number of aryl methyl sites for hydroxylation is 1. The van der Waals surface area contributed by atoms with Crippen LogP contribution in [0.25, 0.3) is 0 Å². The number of ether oxygens (including phenoxy) is 1. The SMILES string of the molecule is COc1cc2c(cc1Nc1ncc(Cl)c(Nc3ccc(S(C)=O)cc3C)n1)CN(C)CC2. The van der Waals surface area contributed by atoms with Crippen LogP contribution in [0.3, 0.4) is 0 Å². The largest absolute Gasteiger partial charge is 0.495 e. The molecule has 1 aliphatic rings. The fourth-order valence-electron chi connectivity index (χ4n) is 3.71. The van der Waals surface area contributed by atoms with Crippen molar-refractivity contribution in [2.45, 2.75) is 24.8 Å². The smallest absolute Gasteiger partial charge is 0.229 e. The molecule has 32 heavy (non-hydrogen) atoms. The fourth-order valence-corrected chi connectivity index (χ4v) is 4.45. The molecule has 2 aromatic carbocycles. The predicted octanol–water partition coefficient (Wildman–Crippen LogP) is 4.66. The molecule has 4 rings (SSSR count). The van der Waals surface area contributed by atoms with Gasteiger partial charge in [-0.3, -0.25) is 4.21 Å².